The third-order valence-electron chi connectivity index (χ3n) is 4.39. The summed E-state index contributed by atoms with van der Waals surface area (Å²) in [7, 11) is -3.80. The van der Waals surface area contributed by atoms with Crippen molar-refractivity contribution >= 4 is 39.3 Å². The molecule has 0 spiro atoms. The number of thioether (sulfide) groups is 1. The van der Waals surface area contributed by atoms with Crippen LogP contribution in [-0.2, 0) is 10.0 Å². The van der Waals surface area contributed by atoms with E-state index in [1.165, 1.54) is 23.9 Å². The van der Waals surface area contributed by atoms with Crippen molar-refractivity contribution in [1.82, 2.24) is 19.1 Å². The summed E-state index contributed by atoms with van der Waals surface area (Å²) in [4.78, 5) is 12.5. The zero-order valence-corrected chi connectivity index (χ0v) is 17.1. The SMILES string of the molecule is Cc1ccc(-n2cnnc2SCCN2C(=O)c3ccccc3S2(=O)=O)cc1Cl. The number of nitrogens with zero attached hydrogens (tertiary/aromatic N) is 4. The van der Waals surface area contributed by atoms with Gasteiger partial charge in [-0.05, 0) is 36.8 Å². The highest BCUT2D eigenvalue weighted by molar-refractivity contribution is 7.99. The molecule has 0 N–H and O–H groups in total. The minimum atomic E-state index is -3.80. The van der Waals surface area contributed by atoms with E-state index in [0.29, 0.717) is 15.9 Å². The number of aromatic nitrogens is 3. The van der Waals surface area contributed by atoms with Gasteiger partial charge in [0.05, 0.1) is 11.3 Å². The van der Waals surface area contributed by atoms with Gasteiger partial charge in [-0.3, -0.25) is 9.36 Å². The molecule has 0 aliphatic carbocycles. The molecule has 1 amide bonds. The maximum Gasteiger partial charge on any atom is 0.269 e. The fraction of sp³-hybridized carbons (Fsp3) is 0.167. The molecule has 3 aromatic rings. The van der Waals surface area contributed by atoms with Crippen molar-refractivity contribution in [3.05, 3.63) is 64.9 Å². The molecule has 7 nitrogen and oxygen atoms in total. The molecular weight excluding hydrogens is 420 g/mol. The van der Waals surface area contributed by atoms with E-state index in [0.717, 1.165) is 15.6 Å². The first-order valence-electron chi connectivity index (χ1n) is 8.35. The minimum Gasteiger partial charge on any atom is -0.277 e. The third-order valence-corrected chi connectivity index (χ3v) is 7.56. The molecule has 0 atom stereocenters. The largest absolute Gasteiger partial charge is 0.277 e. The lowest BCUT2D eigenvalue weighted by Crippen LogP contribution is -2.32. The average molecular weight is 435 g/mol. The summed E-state index contributed by atoms with van der Waals surface area (Å²) in [5.41, 5.74) is 1.98. The summed E-state index contributed by atoms with van der Waals surface area (Å²) in [6.07, 6.45) is 1.57. The molecule has 0 fully saturated rings. The van der Waals surface area contributed by atoms with Gasteiger partial charge in [0, 0.05) is 17.3 Å². The highest BCUT2D eigenvalue weighted by Gasteiger charge is 2.40. The lowest BCUT2D eigenvalue weighted by Gasteiger charge is -2.14. The van der Waals surface area contributed by atoms with Gasteiger partial charge in [-0.1, -0.05) is 41.6 Å². The van der Waals surface area contributed by atoms with Gasteiger partial charge >= 0.3 is 0 Å². The molecule has 1 aromatic heterocycles. The Hall–Kier alpha value is -2.36. The Labute approximate surface area is 171 Å². The third kappa shape index (κ3) is 3.19. The van der Waals surface area contributed by atoms with Crippen molar-refractivity contribution in [3.8, 4) is 5.69 Å². The van der Waals surface area contributed by atoms with Gasteiger partial charge < -0.3 is 0 Å². The Morgan fingerprint density at radius 1 is 1.18 bits per heavy atom. The fourth-order valence-corrected chi connectivity index (χ4v) is 5.62. The fourth-order valence-electron chi connectivity index (χ4n) is 2.90. The summed E-state index contributed by atoms with van der Waals surface area (Å²) < 4.78 is 27.9. The van der Waals surface area contributed by atoms with Crippen LogP contribution in [0.5, 0.6) is 0 Å². The van der Waals surface area contributed by atoms with E-state index in [2.05, 4.69) is 10.2 Å². The van der Waals surface area contributed by atoms with Gasteiger partial charge in [-0.25, -0.2) is 12.7 Å². The lowest BCUT2D eigenvalue weighted by molar-refractivity contribution is 0.0876. The monoisotopic (exact) mass is 434 g/mol. The molecular formula is C18H15ClN4O3S2. The molecule has 144 valence electrons. The van der Waals surface area contributed by atoms with E-state index < -0.39 is 15.9 Å². The van der Waals surface area contributed by atoms with E-state index in [9.17, 15) is 13.2 Å². The van der Waals surface area contributed by atoms with Crippen LogP contribution in [0.1, 0.15) is 15.9 Å². The predicted molar refractivity (Wildman–Crippen MR) is 106 cm³/mol. The Bertz CT molecular complexity index is 1180. The smallest absolute Gasteiger partial charge is 0.269 e. The number of carbonyl (C=O) groups is 1. The van der Waals surface area contributed by atoms with Gasteiger partial charge in [0.15, 0.2) is 5.16 Å². The molecule has 0 saturated heterocycles. The number of hydrogen-bond donors (Lipinski definition) is 0. The van der Waals surface area contributed by atoms with Gasteiger partial charge in [-0.2, -0.15) is 0 Å². The quantitative estimate of drug-likeness (QED) is 0.573. The first kappa shape index (κ1) is 19.0. The summed E-state index contributed by atoms with van der Waals surface area (Å²) in [6.45, 7) is 1.96. The summed E-state index contributed by atoms with van der Waals surface area (Å²) in [6, 6.07) is 11.9. The Kier molecular flexibility index (Phi) is 4.90. The molecule has 4 rings (SSSR count). The van der Waals surface area contributed by atoms with Crippen molar-refractivity contribution in [3.63, 3.8) is 0 Å². The first-order chi connectivity index (χ1) is 13.4. The van der Waals surface area contributed by atoms with Crippen LogP contribution in [0.25, 0.3) is 5.69 Å². The van der Waals surface area contributed by atoms with Gasteiger partial charge in [-0.15, -0.1) is 10.2 Å². The van der Waals surface area contributed by atoms with Crippen molar-refractivity contribution in [1.29, 1.82) is 0 Å². The first-order valence-corrected chi connectivity index (χ1v) is 11.2. The summed E-state index contributed by atoms with van der Waals surface area (Å²) in [5, 5.41) is 9.23. The second-order valence-corrected chi connectivity index (χ2v) is 9.44. The van der Waals surface area contributed by atoms with Crippen LogP contribution < -0.4 is 0 Å². The molecule has 1 aliphatic rings. The standard InChI is InChI=1S/C18H15ClN4O3S2/c1-12-6-7-13(10-15(12)19)22-11-20-21-18(22)27-9-8-23-17(24)14-4-2-3-5-16(14)28(23,25)26/h2-7,10-11H,8-9H2,1H3. The number of carbonyl (C=O) groups excluding carboxylic acids is 1. The predicted octanol–water partition coefficient (Wildman–Crippen LogP) is 3.17. The highest BCUT2D eigenvalue weighted by atomic mass is 35.5. The molecule has 2 heterocycles. The molecule has 28 heavy (non-hydrogen) atoms. The Morgan fingerprint density at radius 3 is 2.71 bits per heavy atom. The molecule has 0 unspecified atom stereocenters. The molecule has 0 bridgehead atoms. The van der Waals surface area contributed by atoms with Crippen molar-refractivity contribution < 1.29 is 13.2 Å². The van der Waals surface area contributed by atoms with E-state index in [1.54, 1.807) is 23.0 Å². The van der Waals surface area contributed by atoms with Crippen LogP contribution >= 0.6 is 23.4 Å². The van der Waals surface area contributed by atoms with Crippen LogP contribution in [0, 0.1) is 6.92 Å². The number of amides is 1. The minimum absolute atomic E-state index is 0.0437. The van der Waals surface area contributed by atoms with Crippen LogP contribution in [-0.4, -0.2) is 45.7 Å². The molecule has 0 radical (unpaired) electrons. The van der Waals surface area contributed by atoms with Crippen LogP contribution in [0.15, 0.2) is 58.8 Å². The van der Waals surface area contributed by atoms with Crippen molar-refractivity contribution in [2.24, 2.45) is 0 Å². The second-order valence-electron chi connectivity index (χ2n) is 6.14. The van der Waals surface area contributed by atoms with Crippen molar-refractivity contribution in [2.75, 3.05) is 12.3 Å². The summed E-state index contributed by atoms with van der Waals surface area (Å²) in [5.74, 6) is -0.153. The Balaban J connectivity index is 1.50. The Morgan fingerprint density at radius 2 is 1.96 bits per heavy atom. The van der Waals surface area contributed by atoms with Gasteiger partial charge in [0.1, 0.15) is 11.2 Å². The number of benzene rings is 2. The summed E-state index contributed by atoms with van der Waals surface area (Å²) >= 11 is 7.51. The number of aryl methyl sites for hydroxylation is 1. The molecule has 0 saturated carbocycles. The number of fused-ring (bicyclic) bond motifs is 1. The normalized spacial score (nSPS) is 15.1. The topological polar surface area (TPSA) is 85.2 Å². The van der Waals surface area contributed by atoms with Crippen LogP contribution in [0.2, 0.25) is 5.02 Å². The van der Waals surface area contributed by atoms with Crippen molar-refractivity contribution in [2.45, 2.75) is 17.0 Å². The number of sulfonamides is 1. The number of rotatable bonds is 5. The van der Waals surface area contributed by atoms with E-state index in [-0.39, 0.29) is 17.0 Å². The molecule has 10 heteroatoms. The number of halogens is 1. The number of hydrogen-bond acceptors (Lipinski definition) is 6. The molecule has 1 aliphatic heterocycles. The van der Waals surface area contributed by atoms with E-state index >= 15 is 0 Å². The zero-order valence-electron chi connectivity index (χ0n) is 14.7. The van der Waals surface area contributed by atoms with Crippen LogP contribution in [0.4, 0.5) is 0 Å². The van der Waals surface area contributed by atoms with Gasteiger partial charge in [0.25, 0.3) is 15.9 Å². The maximum atomic E-state index is 12.6. The second kappa shape index (κ2) is 7.23. The van der Waals surface area contributed by atoms with E-state index in [4.69, 9.17) is 11.6 Å². The zero-order chi connectivity index (χ0) is 19.9. The van der Waals surface area contributed by atoms with Crippen LogP contribution in [0.3, 0.4) is 0 Å². The maximum absolute atomic E-state index is 12.6. The molecule has 2 aromatic carbocycles. The highest BCUT2D eigenvalue weighted by Crippen LogP contribution is 2.30. The average Bonchev–Trinajstić information content (AvgIpc) is 3.21. The van der Waals surface area contributed by atoms with Gasteiger partial charge in [0.2, 0.25) is 0 Å². The lowest BCUT2D eigenvalue weighted by atomic mass is 10.2. The van der Waals surface area contributed by atoms with E-state index in [1.807, 2.05) is 25.1 Å².